The molecule has 7 N–H and O–H groups in total. The van der Waals surface area contributed by atoms with Crippen LogP contribution in [-0.4, -0.2) is 147 Å². The summed E-state index contributed by atoms with van der Waals surface area (Å²) in [5.41, 5.74) is 6.15. The number of aliphatic carboxylic acids is 1. The fourth-order valence-corrected chi connectivity index (χ4v) is 15.8. The van der Waals surface area contributed by atoms with Gasteiger partial charge in [-0.15, -0.1) is 0 Å². The number of anilines is 3. The maximum Gasteiger partial charge on any atom is 0.410 e. The van der Waals surface area contributed by atoms with E-state index in [0.29, 0.717) is 78.5 Å². The molecule has 2 amide bonds. The topological polar surface area (TPSA) is 288 Å². The zero-order chi connectivity index (χ0) is 60.6. The highest BCUT2D eigenvalue weighted by Crippen LogP contribution is 2.63. The lowest BCUT2D eigenvalue weighted by atomic mass is 9.48. The van der Waals surface area contributed by atoms with E-state index in [0.717, 1.165) is 64.0 Å². The standard InChI is InChI=1S/C62H76N8O13S2/c1-37-45(43-18-19-50(66-51(43)55(74)75)69-21-20-38-10-9-11-44(46(38)29-69)54(73)67-57-65-47-12-7-8-13-49(47)84-57)28-64-70(37)36-61(5)33-60(4)31-59(2,3)32-62(34-60,35-61)82-24-22-68(23-25-85(79)80)58(78)81-30-40-14-16-41(63-6)26-39(40)15-17-42-27-48(71)52(72)53(83-42)56(76)77/h7-14,16,18-19,26,28,42,48,52-53,63,71-72H,15,17,20-25,27,29-36H2,1-6H3,(H,74,75)(H,76,77)(H,79,80)(H,65,67,73)/t42?,48?,52-,53?,60?,61?,62?/m0/s1. The Bertz CT molecular complexity index is 3480. The smallest absolute Gasteiger partial charge is 0.410 e. The first-order valence-corrected chi connectivity index (χ1v) is 31.0. The minimum absolute atomic E-state index is 0.0516. The maximum atomic E-state index is 14.0. The number of benzene rings is 3. The van der Waals surface area contributed by atoms with Crippen molar-refractivity contribution in [3.05, 3.63) is 118 Å². The molecule has 10 rings (SSSR count). The Morgan fingerprint density at radius 1 is 0.918 bits per heavy atom. The van der Waals surface area contributed by atoms with E-state index in [1.807, 2.05) is 77.2 Å². The minimum Gasteiger partial charge on any atom is -0.479 e. The van der Waals surface area contributed by atoms with Crippen LogP contribution >= 0.6 is 11.3 Å². The predicted octanol–water partition coefficient (Wildman–Crippen LogP) is 8.95. The second-order valence-electron chi connectivity index (χ2n) is 25.1. The van der Waals surface area contributed by atoms with Crippen molar-refractivity contribution in [1.29, 1.82) is 0 Å². The van der Waals surface area contributed by atoms with Crippen molar-refractivity contribution in [3.8, 4) is 11.1 Å². The van der Waals surface area contributed by atoms with Gasteiger partial charge in [0.05, 0.1) is 46.6 Å². The van der Waals surface area contributed by atoms with Crippen LogP contribution in [-0.2, 0) is 62.6 Å². The predicted molar refractivity (Wildman–Crippen MR) is 322 cm³/mol. The number of carboxylic acids is 2. The summed E-state index contributed by atoms with van der Waals surface area (Å²) in [5.74, 6) is -2.52. The molecule has 3 aromatic carbocycles. The van der Waals surface area contributed by atoms with E-state index in [2.05, 4.69) is 43.3 Å². The number of ether oxygens (including phenoxy) is 3. The van der Waals surface area contributed by atoms with Crippen molar-refractivity contribution in [2.75, 3.05) is 54.6 Å². The average Bonchev–Trinajstić information content (AvgIpc) is 2.69. The summed E-state index contributed by atoms with van der Waals surface area (Å²) in [5, 5.41) is 52.4. The lowest BCUT2D eigenvalue weighted by Crippen LogP contribution is -2.57. The van der Waals surface area contributed by atoms with Gasteiger partial charge in [0.25, 0.3) is 5.91 Å². The largest absolute Gasteiger partial charge is 0.479 e. The maximum absolute atomic E-state index is 14.0. The van der Waals surface area contributed by atoms with E-state index in [1.54, 1.807) is 25.4 Å². The number of aliphatic hydroxyl groups is 2. The van der Waals surface area contributed by atoms with Crippen LogP contribution < -0.4 is 15.5 Å². The Morgan fingerprint density at radius 2 is 1.72 bits per heavy atom. The van der Waals surface area contributed by atoms with Crippen molar-refractivity contribution in [2.24, 2.45) is 16.2 Å². The first-order valence-electron chi connectivity index (χ1n) is 28.9. The Kier molecular flexibility index (Phi) is 17.9. The van der Waals surface area contributed by atoms with Gasteiger partial charge in [-0.2, -0.15) is 5.10 Å². The van der Waals surface area contributed by atoms with Crippen molar-refractivity contribution >= 4 is 73.2 Å². The van der Waals surface area contributed by atoms with Crippen LogP contribution in [0.15, 0.2) is 79.0 Å². The number of carboxylic acid groups (broad SMARTS) is 2. The number of aryl methyl sites for hydroxylation is 1. The number of para-hydroxylation sites is 1. The molecule has 2 aliphatic carbocycles. The van der Waals surface area contributed by atoms with E-state index in [1.165, 1.54) is 16.2 Å². The lowest BCUT2D eigenvalue weighted by molar-refractivity contribution is -0.194. The molecule has 5 heterocycles. The number of hydrogen-bond donors (Lipinski definition) is 7. The molecule has 3 fully saturated rings. The number of rotatable bonds is 21. The van der Waals surface area contributed by atoms with Gasteiger partial charge in [-0.05, 0) is 139 Å². The Hall–Kier alpha value is -6.86. The number of aromatic carboxylic acids is 1. The highest BCUT2D eigenvalue weighted by atomic mass is 32.2. The molecule has 8 atom stereocenters. The summed E-state index contributed by atoms with van der Waals surface area (Å²) in [7, 11) is 1.77. The van der Waals surface area contributed by atoms with Gasteiger partial charge in [-0.3, -0.25) is 14.8 Å². The van der Waals surface area contributed by atoms with E-state index >= 15 is 0 Å². The molecule has 1 saturated heterocycles. The molecule has 2 bridgehead atoms. The number of hydrogen-bond acceptors (Lipinski definition) is 16. The van der Waals surface area contributed by atoms with Gasteiger partial charge in [0.15, 0.2) is 28.0 Å². The normalized spacial score (nSPS) is 24.7. The van der Waals surface area contributed by atoms with Gasteiger partial charge in [0, 0.05) is 74.3 Å². The molecular weight excluding hydrogens is 1130 g/mol. The molecule has 454 valence electrons. The van der Waals surface area contributed by atoms with Crippen LogP contribution in [0, 0.1) is 23.2 Å². The van der Waals surface area contributed by atoms with E-state index in [4.69, 9.17) is 24.3 Å². The van der Waals surface area contributed by atoms with Gasteiger partial charge >= 0.3 is 18.0 Å². The Morgan fingerprint density at radius 3 is 2.47 bits per heavy atom. The quantitative estimate of drug-likeness (QED) is 0.0331. The molecule has 0 radical (unpaired) electrons. The highest BCUT2D eigenvalue weighted by molar-refractivity contribution is 7.79. The summed E-state index contributed by atoms with van der Waals surface area (Å²) in [6, 6.07) is 22.6. The molecule has 2 aliphatic heterocycles. The fraction of sp³-hybridized carbons (Fsp3) is 0.500. The SMILES string of the molecule is CNc1ccc(COC(=O)N(CCOC23CC(C)(C)CC(C)(CC(C)(Cn4ncc(-c5ccc(N6CCc7cccc(C(=O)Nc8nc9ccccc9s8)c7C6)nc5C(=O)O)c4C)C2)C3)CCS(=O)O)c(CCC2CC(O)[C@H](O)C(C(=O)O)O2)c1. The molecule has 23 heteroatoms. The molecule has 2 saturated carbocycles. The van der Waals surface area contributed by atoms with E-state index in [9.17, 15) is 48.4 Å². The average molecular weight is 1210 g/mol. The van der Waals surface area contributed by atoms with Crippen LogP contribution in [0.1, 0.15) is 121 Å². The molecule has 0 spiro atoms. The first-order chi connectivity index (χ1) is 40.4. The molecule has 6 aromatic rings. The number of carbonyl (C=O) groups excluding carboxylic acids is 2. The molecular formula is C62H76N8O13S2. The fourth-order valence-electron chi connectivity index (χ4n) is 14.6. The third-order valence-corrected chi connectivity index (χ3v) is 18.8. The third-order valence-electron chi connectivity index (χ3n) is 17.4. The Balaban J connectivity index is 0.812. The number of aromatic nitrogens is 4. The summed E-state index contributed by atoms with van der Waals surface area (Å²) >= 11 is -0.786. The number of pyridine rings is 1. The second-order valence-corrected chi connectivity index (χ2v) is 27.2. The van der Waals surface area contributed by atoms with Crippen molar-refractivity contribution in [1.82, 2.24) is 24.6 Å². The van der Waals surface area contributed by atoms with Crippen molar-refractivity contribution in [2.45, 2.75) is 142 Å². The number of amides is 2. The second kappa shape index (κ2) is 24.9. The van der Waals surface area contributed by atoms with E-state index < -0.39 is 59.1 Å². The lowest BCUT2D eigenvalue weighted by Gasteiger charge is -2.61. The number of nitrogens with zero attached hydrogens (tertiary/aromatic N) is 6. The van der Waals surface area contributed by atoms with Gasteiger partial charge in [0.1, 0.15) is 18.5 Å². The summed E-state index contributed by atoms with van der Waals surface area (Å²) in [6.45, 7) is 12.5. The molecule has 3 aromatic heterocycles. The van der Waals surface area contributed by atoms with Gasteiger partial charge in [0.2, 0.25) is 0 Å². The van der Waals surface area contributed by atoms with Crippen LogP contribution in [0.2, 0.25) is 0 Å². The van der Waals surface area contributed by atoms with Crippen molar-refractivity contribution in [3.63, 3.8) is 0 Å². The zero-order valence-electron chi connectivity index (χ0n) is 48.8. The van der Waals surface area contributed by atoms with Crippen LogP contribution in [0.25, 0.3) is 21.3 Å². The van der Waals surface area contributed by atoms with Gasteiger partial charge in [-0.25, -0.2) is 28.6 Å². The number of aliphatic hydroxyl groups excluding tert-OH is 2. The molecule has 4 aliphatic rings. The van der Waals surface area contributed by atoms with E-state index in [-0.39, 0.29) is 66.3 Å². The number of fused-ring (bicyclic) bond motifs is 4. The third kappa shape index (κ3) is 13.9. The van der Waals surface area contributed by atoms with Crippen LogP contribution in [0.3, 0.4) is 0 Å². The molecule has 85 heavy (non-hydrogen) atoms. The van der Waals surface area contributed by atoms with Gasteiger partial charge < -0.3 is 54.3 Å². The summed E-state index contributed by atoms with van der Waals surface area (Å²) in [6.07, 6.45) is 1.47. The monoisotopic (exact) mass is 1200 g/mol. The minimum atomic E-state index is -2.20. The molecule has 7 unspecified atom stereocenters. The number of carbonyl (C=O) groups is 4. The first kappa shape index (κ1) is 61.2. The summed E-state index contributed by atoms with van der Waals surface area (Å²) in [4.78, 5) is 65.4. The molecule has 21 nitrogen and oxygen atoms in total. The zero-order valence-corrected chi connectivity index (χ0v) is 50.5. The summed E-state index contributed by atoms with van der Waals surface area (Å²) < 4.78 is 43.4. The number of thiazole rings is 1. The van der Waals surface area contributed by atoms with Crippen molar-refractivity contribution < 1.29 is 62.6 Å². The van der Waals surface area contributed by atoms with Gasteiger partial charge in [-0.1, -0.05) is 69.4 Å². The van der Waals surface area contributed by atoms with Crippen LogP contribution in [0.4, 0.5) is 21.4 Å². The van der Waals surface area contributed by atoms with Crippen LogP contribution in [0.5, 0.6) is 0 Å². The Labute approximate surface area is 500 Å². The number of nitrogens with one attached hydrogen (secondary N) is 2. The highest BCUT2D eigenvalue weighted by Gasteiger charge is 2.58.